The Balaban J connectivity index is 1.55. The summed E-state index contributed by atoms with van der Waals surface area (Å²) in [5.74, 6) is 0.227. The minimum absolute atomic E-state index is 0.0690. The molecule has 3 aliphatic rings. The maximum absolute atomic E-state index is 13.6. The van der Waals surface area contributed by atoms with Gasteiger partial charge in [0.15, 0.2) is 11.5 Å². The summed E-state index contributed by atoms with van der Waals surface area (Å²) in [5, 5.41) is 10.0. The fourth-order valence-corrected chi connectivity index (χ4v) is 5.31. The van der Waals surface area contributed by atoms with E-state index in [4.69, 9.17) is 21.1 Å². The van der Waals surface area contributed by atoms with Gasteiger partial charge >= 0.3 is 0 Å². The lowest BCUT2D eigenvalue weighted by Crippen LogP contribution is -2.41. The Hall–Kier alpha value is -2.99. The lowest BCUT2D eigenvalue weighted by Gasteiger charge is -2.37. The summed E-state index contributed by atoms with van der Waals surface area (Å²) in [7, 11) is 1.60. The smallest absolute Gasteiger partial charge is 0.290 e. The molecule has 2 heterocycles. The largest absolute Gasteiger partial charge is 0.508 e. The SMILES string of the molecule is COc1ccc(CN2C(=O)C3=C(C(=O)C4CC(Cl)CCC4O3)C2c2cccc(O)c2)cc1. The van der Waals surface area contributed by atoms with Gasteiger partial charge in [0.1, 0.15) is 17.6 Å². The lowest BCUT2D eigenvalue weighted by atomic mass is 9.77. The number of alkyl halides is 1. The zero-order valence-electron chi connectivity index (χ0n) is 17.7. The number of fused-ring (bicyclic) bond motifs is 1. The molecular formula is C25H24ClNO5. The molecule has 0 bridgehead atoms. The Morgan fingerprint density at radius 3 is 2.66 bits per heavy atom. The summed E-state index contributed by atoms with van der Waals surface area (Å²) >= 11 is 6.36. The van der Waals surface area contributed by atoms with Crippen LogP contribution in [0.2, 0.25) is 0 Å². The summed E-state index contributed by atoms with van der Waals surface area (Å²) in [6, 6.07) is 13.5. The van der Waals surface area contributed by atoms with Crippen LogP contribution in [0.4, 0.5) is 0 Å². The fourth-order valence-electron chi connectivity index (χ4n) is 5.00. The highest BCUT2D eigenvalue weighted by Crippen LogP contribution is 2.48. The van der Waals surface area contributed by atoms with E-state index in [9.17, 15) is 14.7 Å². The Kier molecular flexibility index (Phi) is 5.33. The number of phenols is 1. The van der Waals surface area contributed by atoms with Crippen molar-refractivity contribution in [2.24, 2.45) is 5.92 Å². The summed E-state index contributed by atoms with van der Waals surface area (Å²) in [4.78, 5) is 28.8. The molecule has 32 heavy (non-hydrogen) atoms. The molecule has 0 radical (unpaired) electrons. The number of ketones is 1. The number of carbonyl (C=O) groups is 2. The molecule has 2 aromatic carbocycles. The second kappa shape index (κ2) is 8.17. The van der Waals surface area contributed by atoms with Crippen LogP contribution >= 0.6 is 11.6 Å². The van der Waals surface area contributed by atoms with E-state index in [-0.39, 0.29) is 40.6 Å². The third kappa shape index (κ3) is 3.52. The molecule has 4 atom stereocenters. The van der Waals surface area contributed by atoms with Crippen LogP contribution in [0.5, 0.6) is 11.5 Å². The van der Waals surface area contributed by atoms with Gasteiger partial charge in [-0.25, -0.2) is 0 Å². The minimum Gasteiger partial charge on any atom is -0.508 e. The molecule has 1 N–H and O–H groups in total. The van der Waals surface area contributed by atoms with Crippen molar-refractivity contribution in [1.82, 2.24) is 4.90 Å². The Bertz CT molecular complexity index is 1100. The average molecular weight is 454 g/mol. The molecule has 2 aliphatic heterocycles. The number of hydrogen-bond acceptors (Lipinski definition) is 5. The average Bonchev–Trinajstić information content (AvgIpc) is 3.07. The zero-order chi connectivity index (χ0) is 22.4. The summed E-state index contributed by atoms with van der Waals surface area (Å²) < 4.78 is 11.4. The number of Topliss-reactive ketones (excluding diaryl/α,β-unsaturated/α-hetero) is 1. The molecule has 2 aromatic rings. The number of aromatic hydroxyl groups is 1. The molecule has 0 saturated heterocycles. The number of ether oxygens (including phenoxy) is 2. The van der Waals surface area contributed by atoms with E-state index in [0.717, 1.165) is 17.7 Å². The topological polar surface area (TPSA) is 76.1 Å². The fraction of sp³-hybridized carbons (Fsp3) is 0.360. The third-order valence-corrected chi connectivity index (χ3v) is 6.97. The molecule has 1 fully saturated rings. The van der Waals surface area contributed by atoms with Crippen LogP contribution in [0.3, 0.4) is 0 Å². The summed E-state index contributed by atoms with van der Waals surface area (Å²) in [6.45, 7) is 0.292. The summed E-state index contributed by atoms with van der Waals surface area (Å²) in [5.41, 5.74) is 1.95. The van der Waals surface area contributed by atoms with Crippen LogP contribution in [-0.2, 0) is 20.9 Å². The van der Waals surface area contributed by atoms with Crippen molar-refractivity contribution in [1.29, 1.82) is 0 Å². The van der Waals surface area contributed by atoms with Crippen molar-refractivity contribution in [2.45, 2.75) is 43.3 Å². The van der Waals surface area contributed by atoms with E-state index in [2.05, 4.69) is 0 Å². The van der Waals surface area contributed by atoms with Gasteiger partial charge in [0, 0.05) is 11.9 Å². The molecule has 166 valence electrons. The van der Waals surface area contributed by atoms with Gasteiger partial charge in [-0.05, 0) is 54.7 Å². The van der Waals surface area contributed by atoms with E-state index in [0.29, 0.717) is 30.5 Å². The van der Waals surface area contributed by atoms with Gasteiger partial charge in [0.25, 0.3) is 5.91 Å². The van der Waals surface area contributed by atoms with Gasteiger partial charge in [-0.15, -0.1) is 11.6 Å². The second-order valence-corrected chi connectivity index (χ2v) is 9.18. The van der Waals surface area contributed by atoms with Crippen LogP contribution in [-0.4, -0.2) is 40.3 Å². The number of rotatable bonds is 4. The van der Waals surface area contributed by atoms with Gasteiger partial charge in [-0.2, -0.15) is 0 Å². The number of methoxy groups -OCH3 is 1. The van der Waals surface area contributed by atoms with Crippen molar-refractivity contribution in [3.8, 4) is 11.5 Å². The molecule has 1 amide bonds. The molecule has 1 aliphatic carbocycles. The van der Waals surface area contributed by atoms with Crippen molar-refractivity contribution in [3.05, 3.63) is 71.0 Å². The maximum atomic E-state index is 13.6. The first-order chi connectivity index (χ1) is 15.5. The van der Waals surface area contributed by atoms with Crippen molar-refractivity contribution >= 4 is 23.3 Å². The number of amides is 1. The van der Waals surface area contributed by atoms with Crippen molar-refractivity contribution < 1.29 is 24.2 Å². The highest BCUT2D eigenvalue weighted by Gasteiger charge is 2.52. The zero-order valence-corrected chi connectivity index (χ0v) is 18.4. The molecule has 7 heteroatoms. The van der Waals surface area contributed by atoms with Crippen LogP contribution < -0.4 is 4.74 Å². The Morgan fingerprint density at radius 2 is 1.94 bits per heavy atom. The van der Waals surface area contributed by atoms with Gasteiger partial charge in [-0.3, -0.25) is 9.59 Å². The number of carbonyl (C=O) groups excluding carboxylic acids is 2. The predicted molar refractivity (Wildman–Crippen MR) is 118 cm³/mol. The monoisotopic (exact) mass is 453 g/mol. The third-order valence-electron chi connectivity index (χ3n) is 6.58. The quantitative estimate of drug-likeness (QED) is 0.705. The number of benzene rings is 2. The molecule has 6 nitrogen and oxygen atoms in total. The normalized spacial score (nSPS) is 27.1. The van der Waals surface area contributed by atoms with E-state index in [1.165, 1.54) is 0 Å². The van der Waals surface area contributed by atoms with Gasteiger partial charge < -0.3 is 19.5 Å². The first kappa shape index (κ1) is 20.9. The van der Waals surface area contributed by atoms with E-state index >= 15 is 0 Å². The standard InChI is InChI=1S/C25H24ClNO5/c1-31-18-8-5-14(6-9-18)13-27-22(15-3-2-4-17(28)11-15)21-23(29)19-12-16(26)7-10-20(19)32-24(21)25(27)30/h2-6,8-9,11,16,19-20,22,28H,7,10,12-13H2,1H3. The first-order valence-electron chi connectivity index (χ1n) is 10.8. The molecule has 1 saturated carbocycles. The van der Waals surface area contributed by atoms with E-state index < -0.39 is 6.04 Å². The first-order valence-corrected chi connectivity index (χ1v) is 11.2. The molecule has 4 unspecified atom stereocenters. The van der Waals surface area contributed by atoms with Gasteiger partial charge in [0.05, 0.1) is 24.6 Å². The van der Waals surface area contributed by atoms with Crippen LogP contribution in [0, 0.1) is 5.92 Å². The number of hydrogen-bond donors (Lipinski definition) is 1. The molecule has 0 aromatic heterocycles. The Morgan fingerprint density at radius 1 is 1.16 bits per heavy atom. The van der Waals surface area contributed by atoms with Crippen LogP contribution in [0.25, 0.3) is 0 Å². The van der Waals surface area contributed by atoms with E-state index in [1.807, 2.05) is 30.3 Å². The van der Waals surface area contributed by atoms with Crippen molar-refractivity contribution in [2.75, 3.05) is 7.11 Å². The second-order valence-electron chi connectivity index (χ2n) is 8.56. The number of halogens is 1. The van der Waals surface area contributed by atoms with Gasteiger partial charge in [0.2, 0.25) is 0 Å². The predicted octanol–water partition coefficient (Wildman–Crippen LogP) is 4.11. The summed E-state index contributed by atoms with van der Waals surface area (Å²) in [6.07, 6.45) is 1.65. The van der Waals surface area contributed by atoms with Gasteiger partial charge in [-0.1, -0.05) is 24.3 Å². The molecular weight excluding hydrogens is 430 g/mol. The highest BCUT2D eigenvalue weighted by molar-refractivity contribution is 6.21. The van der Waals surface area contributed by atoms with Crippen LogP contribution in [0.1, 0.15) is 36.4 Å². The number of phenolic OH excluding ortho intramolecular Hbond substituents is 1. The van der Waals surface area contributed by atoms with E-state index in [1.54, 1.807) is 30.2 Å². The minimum atomic E-state index is -0.629. The number of nitrogens with zero attached hydrogens (tertiary/aromatic N) is 1. The highest BCUT2D eigenvalue weighted by atomic mass is 35.5. The molecule has 5 rings (SSSR count). The van der Waals surface area contributed by atoms with Crippen molar-refractivity contribution in [3.63, 3.8) is 0 Å². The lowest BCUT2D eigenvalue weighted by molar-refractivity contribution is -0.135. The molecule has 0 spiro atoms. The Labute approximate surface area is 191 Å². The van der Waals surface area contributed by atoms with Crippen LogP contribution in [0.15, 0.2) is 59.9 Å². The maximum Gasteiger partial charge on any atom is 0.290 e.